The monoisotopic (exact) mass is 435 g/mol. The number of thioether (sulfide) groups is 1. The number of alkyl halides is 3. The minimum atomic E-state index is -4.56. The zero-order chi connectivity index (χ0) is 20.5. The highest BCUT2D eigenvalue weighted by molar-refractivity contribution is 7.99. The van der Waals surface area contributed by atoms with Crippen molar-refractivity contribution in [2.24, 2.45) is 0 Å². The fraction of sp³-hybridized carbons (Fsp3) is 0.500. The number of aromatic nitrogens is 3. The molecular weight excluding hydrogens is 419 g/mol. The van der Waals surface area contributed by atoms with E-state index in [1.165, 1.54) is 6.92 Å². The molecule has 0 saturated carbocycles. The van der Waals surface area contributed by atoms with Gasteiger partial charge in [0.1, 0.15) is 0 Å². The van der Waals surface area contributed by atoms with Crippen molar-refractivity contribution >= 4 is 40.8 Å². The van der Waals surface area contributed by atoms with Crippen LogP contribution in [-0.2, 0) is 15.8 Å². The summed E-state index contributed by atoms with van der Waals surface area (Å²) >= 11 is 6.84. The molecule has 28 heavy (non-hydrogen) atoms. The molecule has 3 heterocycles. The van der Waals surface area contributed by atoms with Crippen molar-refractivity contribution in [3.8, 4) is 0 Å². The molecule has 1 aliphatic heterocycles. The van der Waals surface area contributed by atoms with Gasteiger partial charge >= 0.3 is 6.18 Å². The van der Waals surface area contributed by atoms with Gasteiger partial charge in [-0.05, 0) is 18.9 Å². The third-order valence-corrected chi connectivity index (χ3v) is 5.61. The molecule has 0 radical (unpaired) electrons. The van der Waals surface area contributed by atoms with E-state index < -0.39 is 11.7 Å². The third kappa shape index (κ3) is 4.69. The summed E-state index contributed by atoms with van der Waals surface area (Å²) in [6.45, 7) is 2.68. The van der Waals surface area contributed by atoms with Crippen LogP contribution in [0, 0.1) is 0 Å². The lowest BCUT2D eigenvalue weighted by Crippen LogP contribution is -2.46. The number of carbonyl (C=O) groups is 2. The zero-order valence-electron chi connectivity index (χ0n) is 14.8. The Balaban J connectivity index is 1.61. The summed E-state index contributed by atoms with van der Waals surface area (Å²) in [6.07, 6.45) is -2.38. The van der Waals surface area contributed by atoms with E-state index in [0.717, 1.165) is 28.4 Å². The standard InChI is InChI=1S/C16H17ClF3N5O2S/c1-9(26)24-4-2-11(3-5-24)21-13(27)8-28-15-23-22-14-12(17)6-10(7-25(14)15)16(18,19)20/h6-7,11H,2-5,8H2,1H3,(H,21,27). The Morgan fingerprint density at radius 1 is 1.32 bits per heavy atom. The highest BCUT2D eigenvalue weighted by Crippen LogP contribution is 2.33. The van der Waals surface area contributed by atoms with E-state index in [0.29, 0.717) is 25.9 Å². The molecule has 1 aliphatic rings. The molecule has 1 N–H and O–H groups in total. The molecule has 2 aromatic heterocycles. The van der Waals surface area contributed by atoms with Gasteiger partial charge in [-0.1, -0.05) is 23.4 Å². The summed E-state index contributed by atoms with van der Waals surface area (Å²) in [5, 5.41) is 10.5. The van der Waals surface area contributed by atoms with E-state index in [-0.39, 0.29) is 39.4 Å². The molecule has 2 amide bonds. The van der Waals surface area contributed by atoms with Crippen LogP contribution >= 0.6 is 23.4 Å². The Labute approximate surface area is 167 Å². The Kier molecular flexibility index (Phi) is 6.04. The molecular formula is C16H17ClF3N5O2S. The van der Waals surface area contributed by atoms with Gasteiger partial charge in [0.25, 0.3) is 0 Å². The Hall–Kier alpha value is -2.01. The Bertz CT molecular complexity index is 896. The average molecular weight is 436 g/mol. The van der Waals surface area contributed by atoms with Crippen molar-refractivity contribution in [3.05, 3.63) is 22.8 Å². The first-order valence-corrected chi connectivity index (χ1v) is 9.80. The van der Waals surface area contributed by atoms with Crippen LogP contribution in [0.25, 0.3) is 5.65 Å². The number of amides is 2. The van der Waals surface area contributed by atoms with E-state index in [9.17, 15) is 22.8 Å². The van der Waals surface area contributed by atoms with E-state index in [4.69, 9.17) is 11.6 Å². The van der Waals surface area contributed by atoms with Gasteiger partial charge in [0.05, 0.1) is 16.3 Å². The van der Waals surface area contributed by atoms with Gasteiger partial charge < -0.3 is 10.2 Å². The lowest BCUT2D eigenvalue weighted by molar-refractivity contribution is -0.138. The number of hydrogen-bond acceptors (Lipinski definition) is 5. The molecule has 0 aliphatic carbocycles. The first-order chi connectivity index (χ1) is 13.1. The number of fused-ring (bicyclic) bond motifs is 1. The van der Waals surface area contributed by atoms with Crippen molar-refractivity contribution in [2.75, 3.05) is 18.8 Å². The van der Waals surface area contributed by atoms with Crippen molar-refractivity contribution in [1.29, 1.82) is 0 Å². The molecule has 0 bridgehead atoms. The van der Waals surface area contributed by atoms with E-state index >= 15 is 0 Å². The normalized spacial score (nSPS) is 15.8. The summed E-state index contributed by atoms with van der Waals surface area (Å²) in [5.74, 6) is -0.279. The number of hydrogen-bond donors (Lipinski definition) is 1. The van der Waals surface area contributed by atoms with Gasteiger partial charge in [-0.15, -0.1) is 10.2 Å². The lowest BCUT2D eigenvalue weighted by atomic mass is 10.1. The highest BCUT2D eigenvalue weighted by Gasteiger charge is 2.32. The number of likely N-dealkylation sites (tertiary alicyclic amines) is 1. The van der Waals surface area contributed by atoms with Crippen LogP contribution in [0.4, 0.5) is 13.2 Å². The molecule has 3 rings (SSSR count). The Morgan fingerprint density at radius 3 is 2.61 bits per heavy atom. The SMILES string of the molecule is CC(=O)N1CCC(NC(=O)CSc2nnc3c(Cl)cc(C(F)(F)F)cn23)CC1. The molecule has 0 atom stereocenters. The summed E-state index contributed by atoms with van der Waals surface area (Å²) in [7, 11) is 0. The van der Waals surface area contributed by atoms with Crippen molar-refractivity contribution < 1.29 is 22.8 Å². The van der Waals surface area contributed by atoms with Crippen LogP contribution in [0.5, 0.6) is 0 Å². The molecule has 1 saturated heterocycles. The van der Waals surface area contributed by atoms with Gasteiger partial charge in [-0.2, -0.15) is 13.2 Å². The predicted molar refractivity (Wildman–Crippen MR) is 97.1 cm³/mol. The first-order valence-electron chi connectivity index (χ1n) is 8.44. The van der Waals surface area contributed by atoms with Gasteiger partial charge in [-0.3, -0.25) is 14.0 Å². The fourth-order valence-electron chi connectivity index (χ4n) is 2.93. The maximum Gasteiger partial charge on any atom is 0.417 e. The lowest BCUT2D eigenvalue weighted by Gasteiger charge is -2.31. The van der Waals surface area contributed by atoms with Crippen LogP contribution in [0.1, 0.15) is 25.3 Å². The zero-order valence-corrected chi connectivity index (χ0v) is 16.4. The molecule has 1 fully saturated rings. The maximum atomic E-state index is 13.0. The molecule has 2 aromatic rings. The molecule has 0 spiro atoms. The predicted octanol–water partition coefficient (Wildman–Crippen LogP) is 2.62. The molecule has 152 valence electrons. The second-order valence-corrected chi connectivity index (χ2v) is 7.74. The third-order valence-electron chi connectivity index (χ3n) is 4.39. The van der Waals surface area contributed by atoms with Crippen LogP contribution in [0.2, 0.25) is 5.02 Å². The highest BCUT2D eigenvalue weighted by atomic mass is 35.5. The number of nitrogens with one attached hydrogen (secondary N) is 1. The quantitative estimate of drug-likeness (QED) is 0.747. The minimum Gasteiger partial charge on any atom is -0.353 e. The number of rotatable bonds is 4. The Morgan fingerprint density at radius 2 is 2.00 bits per heavy atom. The van der Waals surface area contributed by atoms with Gasteiger partial charge in [0.15, 0.2) is 10.8 Å². The molecule has 7 nitrogen and oxygen atoms in total. The van der Waals surface area contributed by atoms with E-state index in [2.05, 4.69) is 15.5 Å². The number of carbonyl (C=O) groups excluding carboxylic acids is 2. The summed E-state index contributed by atoms with van der Waals surface area (Å²) in [4.78, 5) is 25.2. The van der Waals surface area contributed by atoms with E-state index in [1.54, 1.807) is 4.90 Å². The molecule has 0 unspecified atom stereocenters. The van der Waals surface area contributed by atoms with Crippen LogP contribution in [0.3, 0.4) is 0 Å². The minimum absolute atomic E-state index is 0.0101. The summed E-state index contributed by atoms with van der Waals surface area (Å²) in [5.41, 5.74) is -0.831. The smallest absolute Gasteiger partial charge is 0.353 e. The number of halogens is 4. The van der Waals surface area contributed by atoms with Crippen molar-refractivity contribution in [1.82, 2.24) is 24.8 Å². The van der Waals surface area contributed by atoms with Crippen molar-refractivity contribution in [2.45, 2.75) is 37.1 Å². The van der Waals surface area contributed by atoms with Gasteiger partial charge in [-0.25, -0.2) is 0 Å². The number of nitrogens with zero attached hydrogens (tertiary/aromatic N) is 4. The fourth-order valence-corrected chi connectivity index (χ4v) is 3.89. The topological polar surface area (TPSA) is 79.6 Å². The maximum absolute atomic E-state index is 13.0. The first kappa shape index (κ1) is 20.7. The van der Waals surface area contributed by atoms with Gasteiger partial charge in [0, 0.05) is 32.3 Å². The van der Waals surface area contributed by atoms with Crippen LogP contribution < -0.4 is 5.32 Å². The van der Waals surface area contributed by atoms with Crippen LogP contribution in [-0.4, -0.2) is 56.2 Å². The summed E-state index contributed by atoms with van der Waals surface area (Å²) in [6, 6.07) is 0.755. The summed E-state index contributed by atoms with van der Waals surface area (Å²) < 4.78 is 40.1. The van der Waals surface area contributed by atoms with Gasteiger partial charge in [0.2, 0.25) is 11.8 Å². The number of piperidine rings is 1. The van der Waals surface area contributed by atoms with Crippen LogP contribution in [0.15, 0.2) is 17.4 Å². The second kappa shape index (κ2) is 8.16. The van der Waals surface area contributed by atoms with Crippen molar-refractivity contribution in [3.63, 3.8) is 0 Å². The molecule has 12 heteroatoms. The number of pyridine rings is 1. The average Bonchev–Trinajstić information content (AvgIpc) is 3.03. The largest absolute Gasteiger partial charge is 0.417 e. The van der Waals surface area contributed by atoms with E-state index in [1.807, 2.05) is 0 Å². The second-order valence-electron chi connectivity index (χ2n) is 6.39. The molecule has 0 aromatic carbocycles.